The quantitative estimate of drug-likeness (QED) is 0.566. The molecule has 0 amide bonds. The van der Waals surface area contributed by atoms with E-state index < -0.39 is 18.8 Å². The summed E-state index contributed by atoms with van der Waals surface area (Å²) in [7, 11) is 0. The average Bonchev–Trinajstić information content (AvgIpc) is 1.95. The molecule has 0 fully saturated rings. The van der Waals surface area contributed by atoms with Crippen LogP contribution >= 0.6 is 0 Å². The molecule has 0 saturated heterocycles. The van der Waals surface area contributed by atoms with Crippen LogP contribution in [0.25, 0.3) is 0 Å². The summed E-state index contributed by atoms with van der Waals surface area (Å²) in [6.45, 7) is -1.62. The van der Waals surface area contributed by atoms with E-state index in [1.54, 1.807) is 0 Å². The Morgan fingerprint density at radius 2 is 1.33 bits per heavy atom. The summed E-state index contributed by atoms with van der Waals surface area (Å²) < 4.78 is 23.8. The summed E-state index contributed by atoms with van der Waals surface area (Å²) in [5.41, 5.74) is 9.05. The van der Waals surface area contributed by atoms with Gasteiger partial charge >= 0.3 is 0 Å². The fourth-order valence-electron chi connectivity index (χ4n) is 0.337. The lowest BCUT2D eigenvalue weighted by atomic mass is 9.92. The highest BCUT2D eigenvalue weighted by molar-refractivity contribution is 4.79. The molecule has 56 valence electrons. The number of halogens is 2. The largest absolute Gasteiger partial charge is 0.330 e. The molecule has 0 aliphatic rings. The van der Waals surface area contributed by atoms with Crippen LogP contribution in [0, 0.1) is 5.41 Å². The molecule has 4 N–H and O–H groups in total. The molecule has 0 atom stereocenters. The molecule has 0 aromatic carbocycles. The Bertz CT molecular complexity index is 55.8. The molecule has 0 bridgehead atoms. The minimum absolute atomic E-state index is 0.0312. The van der Waals surface area contributed by atoms with E-state index in [9.17, 15) is 8.78 Å². The summed E-state index contributed by atoms with van der Waals surface area (Å²) in [5, 5.41) is 0. The molecular formula is C5H12F2N2. The van der Waals surface area contributed by atoms with Gasteiger partial charge in [0.15, 0.2) is 0 Å². The molecule has 0 spiro atoms. The molecule has 4 heteroatoms. The predicted molar refractivity (Wildman–Crippen MR) is 32.5 cm³/mol. The van der Waals surface area contributed by atoms with Crippen molar-refractivity contribution in [2.75, 3.05) is 26.4 Å². The Balaban J connectivity index is 3.82. The second-order valence-electron chi connectivity index (χ2n) is 2.18. The van der Waals surface area contributed by atoms with Gasteiger partial charge in [-0.05, 0) is 0 Å². The second-order valence-corrected chi connectivity index (χ2v) is 2.18. The minimum Gasteiger partial charge on any atom is -0.330 e. The maximum atomic E-state index is 11.9. The lowest BCUT2D eigenvalue weighted by Crippen LogP contribution is -2.41. The van der Waals surface area contributed by atoms with Gasteiger partial charge < -0.3 is 11.5 Å². The number of hydrogen-bond donors (Lipinski definition) is 2. The molecule has 0 unspecified atom stereocenters. The first-order valence-electron chi connectivity index (χ1n) is 2.77. The van der Waals surface area contributed by atoms with Crippen molar-refractivity contribution < 1.29 is 8.78 Å². The van der Waals surface area contributed by atoms with Gasteiger partial charge in [-0.3, -0.25) is 8.78 Å². The van der Waals surface area contributed by atoms with Gasteiger partial charge in [-0.1, -0.05) is 0 Å². The Morgan fingerprint density at radius 1 is 1.00 bits per heavy atom. The summed E-state index contributed by atoms with van der Waals surface area (Å²) in [6.07, 6.45) is 0. The van der Waals surface area contributed by atoms with Crippen molar-refractivity contribution >= 4 is 0 Å². The highest BCUT2D eigenvalue weighted by Gasteiger charge is 2.26. The van der Waals surface area contributed by atoms with Crippen molar-refractivity contribution in [2.24, 2.45) is 16.9 Å². The summed E-state index contributed by atoms with van der Waals surface area (Å²) in [6, 6.07) is 0. The first-order valence-corrected chi connectivity index (χ1v) is 2.77. The highest BCUT2D eigenvalue weighted by atomic mass is 19.1. The summed E-state index contributed by atoms with van der Waals surface area (Å²) in [4.78, 5) is 0. The van der Waals surface area contributed by atoms with Gasteiger partial charge in [-0.2, -0.15) is 0 Å². The zero-order valence-electron chi connectivity index (χ0n) is 5.24. The molecule has 2 nitrogen and oxygen atoms in total. The van der Waals surface area contributed by atoms with Gasteiger partial charge in [0.1, 0.15) is 0 Å². The molecule has 0 aliphatic carbocycles. The molecule has 0 saturated carbocycles. The predicted octanol–water partition coefficient (Wildman–Crippen LogP) is -0.171. The van der Waals surface area contributed by atoms with E-state index in [4.69, 9.17) is 11.5 Å². The van der Waals surface area contributed by atoms with E-state index in [-0.39, 0.29) is 13.1 Å². The Kier molecular flexibility index (Phi) is 3.65. The van der Waals surface area contributed by atoms with Crippen molar-refractivity contribution in [1.82, 2.24) is 0 Å². The van der Waals surface area contributed by atoms with E-state index in [0.717, 1.165) is 0 Å². The minimum atomic E-state index is -1.11. The normalized spacial score (nSPS) is 12.0. The van der Waals surface area contributed by atoms with E-state index in [1.165, 1.54) is 0 Å². The van der Waals surface area contributed by atoms with Gasteiger partial charge in [0.05, 0.1) is 18.8 Å². The molecule has 0 aromatic rings. The molecule has 0 rings (SSSR count). The third-order valence-electron chi connectivity index (χ3n) is 1.43. The zero-order chi connectivity index (χ0) is 7.33. The van der Waals surface area contributed by atoms with Crippen LogP contribution in [0.1, 0.15) is 0 Å². The molecular weight excluding hydrogens is 126 g/mol. The molecule has 0 aromatic heterocycles. The highest BCUT2D eigenvalue weighted by Crippen LogP contribution is 2.14. The van der Waals surface area contributed by atoms with Crippen LogP contribution in [0.3, 0.4) is 0 Å². The van der Waals surface area contributed by atoms with Crippen LogP contribution in [0.4, 0.5) is 8.78 Å². The van der Waals surface area contributed by atoms with Crippen molar-refractivity contribution in [3.8, 4) is 0 Å². The third-order valence-corrected chi connectivity index (χ3v) is 1.43. The smallest absolute Gasteiger partial charge is 0.1000 e. The lowest BCUT2D eigenvalue weighted by Gasteiger charge is -2.22. The van der Waals surface area contributed by atoms with Gasteiger partial charge in [0.25, 0.3) is 0 Å². The number of nitrogens with two attached hydrogens (primary N) is 2. The Hall–Kier alpha value is -0.220. The van der Waals surface area contributed by atoms with Gasteiger partial charge in [0, 0.05) is 13.1 Å². The van der Waals surface area contributed by atoms with E-state index >= 15 is 0 Å². The van der Waals surface area contributed by atoms with Gasteiger partial charge in [0.2, 0.25) is 0 Å². The molecule has 9 heavy (non-hydrogen) atoms. The zero-order valence-corrected chi connectivity index (χ0v) is 5.24. The molecule has 0 radical (unpaired) electrons. The monoisotopic (exact) mass is 138 g/mol. The Labute approximate surface area is 53.2 Å². The topological polar surface area (TPSA) is 52.0 Å². The van der Waals surface area contributed by atoms with E-state index in [2.05, 4.69) is 0 Å². The van der Waals surface area contributed by atoms with Crippen molar-refractivity contribution in [3.05, 3.63) is 0 Å². The maximum Gasteiger partial charge on any atom is 0.1000 e. The summed E-state index contributed by atoms with van der Waals surface area (Å²) in [5.74, 6) is 0. The second kappa shape index (κ2) is 3.74. The van der Waals surface area contributed by atoms with Gasteiger partial charge in [-0.15, -0.1) is 0 Å². The fraction of sp³-hybridized carbons (Fsp3) is 1.00. The molecule has 0 heterocycles. The van der Waals surface area contributed by atoms with Crippen molar-refractivity contribution in [3.63, 3.8) is 0 Å². The SMILES string of the molecule is NCC(CN)(CF)CF. The maximum absolute atomic E-state index is 11.9. The number of rotatable bonds is 4. The fourth-order valence-corrected chi connectivity index (χ4v) is 0.337. The van der Waals surface area contributed by atoms with E-state index in [0.29, 0.717) is 0 Å². The van der Waals surface area contributed by atoms with E-state index in [1.807, 2.05) is 0 Å². The van der Waals surface area contributed by atoms with Crippen LogP contribution < -0.4 is 11.5 Å². The standard InChI is InChI=1S/C5H12F2N2/c6-1-5(2-7,3-8)4-9/h1-4,8-9H2. The molecule has 0 aliphatic heterocycles. The first-order chi connectivity index (χ1) is 4.24. The van der Waals surface area contributed by atoms with Crippen LogP contribution in [-0.2, 0) is 0 Å². The average molecular weight is 138 g/mol. The third kappa shape index (κ3) is 1.87. The number of hydrogen-bond acceptors (Lipinski definition) is 2. The van der Waals surface area contributed by atoms with Crippen LogP contribution in [0.2, 0.25) is 0 Å². The lowest BCUT2D eigenvalue weighted by molar-refractivity contribution is 0.169. The van der Waals surface area contributed by atoms with Crippen LogP contribution in [0.5, 0.6) is 0 Å². The van der Waals surface area contributed by atoms with Crippen molar-refractivity contribution in [2.45, 2.75) is 0 Å². The van der Waals surface area contributed by atoms with Crippen LogP contribution in [-0.4, -0.2) is 26.4 Å². The van der Waals surface area contributed by atoms with Crippen LogP contribution in [0.15, 0.2) is 0 Å². The Morgan fingerprint density at radius 3 is 1.33 bits per heavy atom. The van der Waals surface area contributed by atoms with Crippen molar-refractivity contribution in [1.29, 1.82) is 0 Å². The number of alkyl halides is 2. The first kappa shape index (κ1) is 8.78. The van der Waals surface area contributed by atoms with Gasteiger partial charge in [-0.25, -0.2) is 0 Å². The summed E-state index contributed by atoms with van der Waals surface area (Å²) >= 11 is 0.